The minimum absolute atomic E-state index is 0.164. The zero-order chi connectivity index (χ0) is 20.9. The summed E-state index contributed by atoms with van der Waals surface area (Å²) in [6, 6.07) is 18.0. The Bertz CT molecular complexity index is 1170. The van der Waals surface area contributed by atoms with Gasteiger partial charge >= 0.3 is 0 Å². The highest BCUT2D eigenvalue weighted by Gasteiger charge is 2.12. The molecule has 0 radical (unpaired) electrons. The highest BCUT2D eigenvalue weighted by Crippen LogP contribution is 2.32. The Morgan fingerprint density at radius 3 is 2.47 bits per heavy atom. The van der Waals surface area contributed by atoms with Crippen LogP contribution in [0.1, 0.15) is 20.0 Å². The summed E-state index contributed by atoms with van der Waals surface area (Å²) in [6.07, 6.45) is 3.62. The number of para-hydroxylation sites is 1. The van der Waals surface area contributed by atoms with Gasteiger partial charge in [0.05, 0.1) is 10.6 Å². The minimum atomic E-state index is -0.223. The highest BCUT2D eigenvalue weighted by molar-refractivity contribution is 7.99. The fraction of sp³-hybridized carbons (Fsp3) is 0.0455. The standard InChI is InChI=1S/C22H18N4O2S2/c1-26-13-12-23-22(26)30-18-6-3-2-5-17(18)25-20(27)15-8-10-16(11-9-15)24-21(28)19-7-4-14-29-19/h2-14H,1H3,(H,24,28)(H,25,27). The first-order valence-electron chi connectivity index (χ1n) is 9.10. The largest absolute Gasteiger partial charge is 0.329 e. The number of hydrogen-bond acceptors (Lipinski definition) is 5. The number of thiophene rings is 1. The highest BCUT2D eigenvalue weighted by atomic mass is 32.2. The van der Waals surface area contributed by atoms with Gasteiger partial charge in [0.2, 0.25) is 0 Å². The van der Waals surface area contributed by atoms with Crippen molar-refractivity contribution in [2.24, 2.45) is 7.05 Å². The van der Waals surface area contributed by atoms with Gasteiger partial charge in [0.15, 0.2) is 5.16 Å². The van der Waals surface area contributed by atoms with Crippen LogP contribution in [0.15, 0.2) is 88.5 Å². The van der Waals surface area contributed by atoms with Gasteiger partial charge in [0.25, 0.3) is 11.8 Å². The SMILES string of the molecule is Cn1ccnc1Sc1ccccc1NC(=O)c1ccc(NC(=O)c2cccs2)cc1. The van der Waals surface area contributed by atoms with Crippen molar-refractivity contribution >= 4 is 46.3 Å². The monoisotopic (exact) mass is 434 g/mol. The van der Waals surface area contributed by atoms with E-state index in [1.165, 1.54) is 23.1 Å². The molecule has 8 heteroatoms. The van der Waals surface area contributed by atoms with E-state index in [0.717, 1.165) is 10.1 Å². The van der Waals surface area contributed by atoms with Crippen molar-refractivity contribution < 1.29 is 9.59 Å². The number of anilines is 2. The van der Waals surface area contributed by atoms with Gasteiger partial charge in [0, 0.05) is 35.6 Å². The molecule has 0 saturated carbocycles. The maximum Gasteiger partial charge on any atom is 0.265 e. The summed E-state index contributed by atoms with van der Waals surface area (Å²) in [4.78, 5) is 30.7. The third kappa shape index (κ3) is 4.61. The van der Waals surface area contributed by atoms with E-state index in [9.17, 15) is 9.59 Å². The fourth-order valence-corrected chi connectivity index (χ4v) is 4.22. The topological polar surface area (TPSA) is 76.0 Å². The first-order valence-corrected chi connectivity index (χ1v) is 10.8. The first kappa shape index (κ1) is 19.9. The molecule has 0 fully saturated rings. The molecule has 6 nitrogen and oxygen atoms in total. The lowest BCUT2D eigenvalue weighted by molar-refractivity contribution is 0.102. The van der Waals surface area contributed by atoms with Crippen LogP contribution in [0.25, 0.3) is 0 Å². The van der Waals surface area contributed by atoms with Crippen molar-refractivity contribution in [3.8, 4) is 0 Å². The number of rotatable bonds is 6. The summed E-state index contributed by atoms with van der Waals surface area (Å²) in [5, 5.41) is 8.47. The quantitative estimate of drug-likeness (QED) is 0.441. The van der Waals surface area contributed by atoms with Gasteiger partial charge in [0.1, 0.15) is 0 Å². The zero-order valence-corrected chi connectivity index (χ0v) is 17.7. The molecule has 0 atom stereocenters. The Morgan fingerprint density at radius 1 is 0.967 bits per heavy atom. The Morgan fingerprint density at radius 2 is 1.77 bits per heavy atom. The van der Waals surface area contributed by atoms with Crippen molar-refractivity contribution in [3.05, 3.63) is 88.9 Å². The molecule has 0 aliphatic heterocycles. The molecule has 0 aliphatic carbocycles. The summed E-state index contributed by atoms with van der Waals surface area (Å²) in [6.45, 7) is 0. The molecule has 0 saturated heterocycles. The molecule has 4 rings (SSSR count). The maximum atomic E-state index is 12.7. The molecule has 0 aliphatic rings. The number of hydrogen-bond donors (Lipinski definition) is 2. The lowest BCUT2D eigenvalue weighted by Gasteiger charge is -2.11. The second-order valence-corrected chi connectivity index (χ2v) is 8.34. The van der Waals surface area contributed by atoms with Gasteiger partial charge in [-0.15, -0.1) is 11.3 Å². The van der Waals surface area contributed by atoms with Gasteiger partial charge in [-0.2, -0.15) is 0 Å². The van der Waals surface area contributed by atoms with Crippen LogP contribution in [0.3, 0.4) is 0 Å². The smallest absolute Gasteiger partial charge is 0.265 e. The van der Waals surface area contributed by atoms with Crippen molar-refractivity contribution in [1.82, 2.24) is 9.55 Å². The van der Waals surface area contributed by atoms with Gasteiger partial charge in [-0.3, -0.25) is 9.59 Å². The summed E-state index contributed by atoms with van der Waals surface area (Å²) < 4.78 is 1.92. The van der Waals surface area contributed by atoms with E-state index in [1.54, 1.807) is 36.5 Å². The van der Waals surface area contributed by atoms with Crippen molar-refractivity contribution in [2.75, 3.05) is 10.6 Å². The molecule has 4 aromatic rings. The number of imidazole rings is 1. The second-order valence-electron chi connectivity index (χ2n) is 6.38. The van der Waals surface area contributed by atoms with Gasteiger partial charge in [-0.25, -0.2) is 4.98 Å². The lowest BCUT2D eigenvalue weighted by atomic mass is 10.2. The third-order valence-corrected chi connectivity index (χ3v) is 6.28. The van der Waals surface area contributed by atoms with Crippen LogP contribution in [0.4, 0.5) is 11.4 Å². The summed E-state index contributed by atoms with van der Waals surface area (Å²) >= 11 is 2.86. The predicted molar refractivity (Wildman–Crippen MR) is 120 cm³/mol. The molecule has 2 aromatic carbocycles. The van der Waals surface area contributed by atoms with E-state index in [-0.39, 0.29) is 11.8 Å². The summed E-state index contributed by atoms with van der Waals surface area (Å²) in [5.41, 5.74) is 1.85. The van der Waals surface area contributed by atoms with Gasteiger partial charge in [-0.05, 0) is 59.6 Å². The van der Waals surface area contributed by atoms with Crippen molar-refractivity contribution in [3.63, 3.8) is 0 Å². The molecular formula is C22H18N4O2S2. The molecular weight excluding hydrogens is 416 g/mol. The average Bonchev–Trinajstić information content (AvgIpc) is 3.42. The van der Waals surface area contributed by atoms with Gasteiger partial charge < -0.3 is 15.2 Å². The number of nitrogens with zero attached hydrogens (tertiary/aromatic N) is 2. The normalized spacial score (nSPS) is 10.6. The number of nitrogens with one attached hydrogen (secondary N) is 2. The van der Waals surface area contributed by atoms with Crippen LogP contribution in [0.2, 0.25) is 0 Å². The van der Waals surface area contributed by atoms with Crippen molar-refractivity contribution in [2.45, 2.75) is 10.1 Å². The Balaban J connectivity index is 1.44. The van der Waals surface area contributed by atoms with Crippen LogP contribution in [-0.4, -0.2) is 21.4 Å². The Hall–Kier alpha value is -3.36. The van der Waals surface area contributed by atoms with Crippen LogP contribution in [0, 0.1) is 0 Å². The molecule has 30 heavy (non-hydrogen) atoms. The average molecular weight is 435 g/mol. The summed E-state index contributed by atoms with van der Waals surface area (Å²) in [5.74, 6) is -0.388. The number of amides is 2. The molecule has 2 N–H and O–H groups in total. The molecule has 150 valence electrons. The van der Waals surface area contributed by atoms with E-state index >= 15 is 0 Å². The first-order chi connectivity index (χ1) is 14.6. The van der Waals surface area contributed by atoms with E-state index in [2.05, 4.69) is 15.6 Å². The third-order valence-electron chi connectivity index (χ3n) is 4.26. The predicted octanol–water partition coefficient (Wildman–Crippen LogP) is 5.14. The van der Waals surface area contributed by atoms with Crippen LogP contribution in [-0.2, 0) is 7.05 Å². The van der Waals surface area contributed by atoms with Crippen molar-refractivity contribution in [1.29, 1.82) is 0 Å². The maximum absolute atomic E-state index is 12.7. The number of carbonyl (C=O) groups is 2. The Kier molecular flexibility index (Phi) is 5.97. The van der Waals surface area contributed by atoms with Crippen LogP contribution < -0.4 is 10.6 Å². The molecule has 0 bridgehead atoms. The number of carbonyl (C=O) groups excluding carboxylic acids is 2. The van der Waals surface area contributed by atoms with E-state index < -0.39 is 0 Å². The fourth-order valence-electron chi connectivity index (χ4n) is 2.71. The Labute approximate surface area is 182 Å². The number of aromatic nitrogens is 2. The molecule has 2 amide bonds. The van der Waals surface area contributed by atoms with E-state index in [0.29, 0.717) is 21.8 Å². The second kappa shape index (κ2) is 8.98. The molecule has 2 heterocycles. The van der Waals surface area contributed by atoms with E-state index in [1.807, 2.05) is 53.5 Å². The lowest BCUT2D eigenvalue weighted by Crippen LogP contribution is -2.13. The number of aryl methyl sites for hydroxylation is 1. The summed E-state index contributed by atoms with van der Waals surface area (Å²) in [7, 11) is 1.93. The van der Waals surface area contributed by atoms with Crippen LogP contribution in [0.5, 0.6) is 0 Å². The molecule has 2 aromatic heterocycles. The van der Waals surface area contributed by atoms with Crippen LogP contribution >= 0.6 is 23.1 Å². The molecule has 0 spiro atoms. The number of benzene rings is 2. The zero-order valence-electron chi connectivity index (χ0n) is 16.0. The molecule has 0 unspecified atom stereocenters. The van der Waals surface area contributed by atoms with Gasteiger partial charge in [-0.1, -0.05) is 18.2 Å². The van der Waals surface area contributed by atoms with E-state index in [4.69, 9.17) is 0 Å². The minimum Gasteiger partial charge on any atom is -0.329 e.